The van der Waals surface area contributed by atoms with Crippen molar-refractivity contribution in [2.45, 2.75) is 19.3 Å². The summed E-state index contributed by atoms with van der Waals surface area (Å²) in [5.41, 5.74) is 20.1. The lowest BCUT2D eigenvalue weighted by Gasteiger charge is -2.26. The van der Waals surface area contributed by atoms with Crippen LogP contribution in [0.3, 0.4) is 0 Å². The van der Waals surface area contributed by atoms with Gasteiger partial charge < -0.3 is 9.32 Å². The molecule has 0 aliphatic heterocycles. The number of anilines is 3. The van der Waals surface area contributed by atoms with E-state index in [-0.39, 0.29) is 5.41 Å². The van der Waals surface area contributed by atoms with Gasteiger partial charge in [-0.25, -0.2) is 0 Å². The van der Waals surface area contributed by atoms with Crippen molar-refractivity contribution in [3.8, 4) is 55.6 Å². The molecular weight excluding hydrogens is 763 g/mol. The Bertz CT molecular complexity index is 3520. The third kappa shape index (κ3) is 6.34. The maximum Gasteiger partial charge on any atom is 0.135 e. The van der Waals surface area contributed by atoms with Crippen molar-refractivity contribution in [3.63, 3.8) is 0 Å². The summed E-state index contributed by atoms with van der Waals surface area (Å²) in [5.74, 6) is 0. The summed E-state index contributed by atoms with van der Waals surface area (Å²) >= 11 is 0. The summed E-state index contributed by atoms with van der Waals surface area (Å²) in [6.07, 6.45) is 0. The third-order valence-corrected chi connectivity index (χ3v) is 13.3. The fourth-order valence-electron chi connectivity index (χ4n) is 9.89. The van der Waals surface area contributed by atoms with E-state index in [1.807, 2.05) is 12.1 Å². The molecular formula is C61H43NO. The molecule has 11 aromatic rings. The van der Waals surface area contributed by atoms with Crippen LogP contribution < -0.4 is 4.90 Å². The molecule has 1 aliphatic carbocycles. The van der Waals surface area contributed by atoms with E-state index in [0.29, 0.717) is 0 Å². The lowest BCUT2D eigenvalue weighted by Crippen LogP contribution is -2.14. The van der Waals surface area contributed by atoms with Gasteiger partial charge in [-0.15, -0.1) is 0 Å². The van der Waals surface area contributed by atoms with Crippen LogP contribution in [0.2, 0.25) is 0 Å². The van der Waals surface area contributed by atoms with E-state index < -0.39 is 0 Å². The predicted octanol–water partition coefficient (Wildman–Crippen LogP) is 17.2. The Hall–Kier alpha value is -7.94. The number of hydrogen-bond acceptors (Lipinski definition) is 2. The van der Waals surface area contributed by atoms with Crippen molar-refractivity contribution in [2.75, 3.05) is 4.90 Å². The second-order valence-electron chi connectivity index (χ2n) is 17.4. The summed E-state index contributed by atoms with van der Waals surface area (Å²) in [6.45, 7) is 4.69. The molecule has 2 nitrogen and oxygen atoms in total. The van der Waals surface area contributed by atoms with Crippen molar-refractivity contribution >= 4 is 49.8 Å². The van der Waals surface area contributed by atoms with Crippen molar-refractivity contribution < 1.29 is 4.42 Å². The van der Waals surface area contributed by atoms with Gasteiger partial charge in [-0.3, -0.25) is 0 Å². The second kappa shape index (κ2) is 14.6. The van der Waals surface area contributed by atoms with Crippen LogP contribution in [0.25, 0.3) is 88.3 Å². The number of nitrogens with zero attached hydrogens (tertiary/aromatic N) is 1. The van der Waals surface area contributed by atoms with E-state index in [2.05, 4.69) is 231 Å². The predicted molar refractivity (Wildman–Crippen MR) is 265 cm³/mol. The highest BCUT2D eigenvalue weighted by Gasteiger charge is 2.35. The summed E-state index contributed by atoms with van der Waals surface area (Å²) in [6, 6.07) is 81.7. The van der Waals surface area contributed by atoms with Gasteiger partial charge in [-0.1, -0.05) is 172 Å². The van der Waals surface area contributed by atoms with Crippen LogP contribution in [0.5, 0.6) is 0 Å². The normalized spacial score (nSPS) is 12.7. The van der Waals surface area contributed by atoms with Crippen LogP contribution in [0.1, 0.15) is 25.0 Å². The molecule has 0 fully saturated rings. The van der Waals surface area contributed by atoms with E-state index in [1.54, 1.807) is 0 Å². The number of hydrogen-bond donors (Lipinski definition) is 0. The molecule has 298 valence electrons. The maximum atomic E-state index is 6.25. The minimum absolute atomic E-state index is 0.0480. The zero-order valence-corrected chi connectivity index (χ0v) is 35.2. The van der Waals surface area contributed by atoms with E-state index in [1.165, 1.54) is 77.5 Å². The fraction of sp³-hybridized carbons (Fsp3) is 0.0492. The van der Waals surface area contributed by atoms with Crippen LogP contribution in [0.4, 0.5) is 17.1 Å². The van der Waals surface area contributed by atoms with Crippen LogP contribution in [0, 0.1) is 0 Å². The first-order chi connectivity index (χ1) is 30.9. The fourth-order valence-corrected chi connectivity index (χ4v) is 9.89. The van der Waals surface area contributed by atoms with Crippen LogP contribution in [-0.4, -0.2) is 0 Å². The Labute approximate surface area is 368 Å². The van der Waals surface area contributed by atoms with Gasteiger partial charge in [0.25, 0.3) is 0 Å². The smallest absolute Gasteiger partial charge is 0.135 e. The molecule has 63 heavy (non-hydrogen) atoms. The number of furan rings is 1. The molecule has 1 aliphatic rings. The molecule has 10 aromatic carbocycles. The summed E-state index contributed by atoms with van der Waals surface area (Å²) < 4.78 is 6.25. The quantitative estimate of drug-likeness (QED) is 0.160. The molecule has 1 aromatic heterocycles. The topological polar surface area (TPSA) is 16.4 Å². The highest BCUT2D eigenvalue weighted by atomic mass is 16.3. The van der Waals surface area contributed by atoms with Crippen molar-refractivity contribution in [1.82, 2.24) is 0 Å². The molecule has 0 unspecified atom stereocenters. The minimum Gasteiger partial charge on any atom is -0.456 e. The lowest BCUT2D eigenvalue weighted by molar-refractivity contribution is 0.660. The highest BCUT2D eigenvalue weighted by molar-refractivity contribution is 6.06. The minimum atomic E-state index is -0.0480. The zero-order valence-electron chi connectivity index (χ0n) is 35.2. The molecule has 0 saturated heterocycles. The van der Waals surface area contributed by atoms with Crippen LogP contribution >= 0.6 is 0 Å². The third-order valence-electron chi connectivity index (χ3n) is 13.3. The van der Waals surface area contributed by atoms with Crippen LogP contribution in [0.15, 0.2) is 229 Å². The van der Waals surface area contributed by atoms with Crippen molar-refractivity contribution in [2.24, 2.45) is 0 Å². The van der Waals surface area contributed by atoms with Gasteiger partial charge in [-0.05, 0) is 144 Å². The monoisotopic (exact) mass is 805 g/mol. The van der Waals surface area contributed by atoms with Crippen molar-refractivity contribution in [1.29, 1.82) is 0 Å². The lowest BCUT2D eigenvalue weighted by atomic mass is 9.81. The Morgan fingerprint density at radius 1 is 0.317 bits per heavy atom. The number of para-hydroxylation sites is 1. The largest absolute Gasteiger partial charge is 0.456 e. The molecule has 0 saturated carbocycles. The Balaban J connectivity index is 0.867. The van der Waals surface area contributed by atoms with E-state index in [9.17, 15) is 0 Å². The van der Waals surface area contributed by atoms with E-state index in [4.69, 9.17) is 4.42 Å². The maximum absolute atomic E-state index is 6.25. The average molecular weight is 806 g/mol. The number of benzene rings is 10. The molecule has 0 atom stereocenters. The zero-order chi connectivity index (χ0) is 42.1. The molecule has 0 radical (unpaired) electrons. The van der Waals surface area contributed by atoms with Crippen molar-refractivity contribution in [3.05, 3.63) is 236 Å². The Morgan fingerprint density at radius 3 is 1.57 bits per heavy atom. The first-order valence-electron chi connectivity index (χ1n) is 21.8. The average Bonchev–Trinajstić information content (AvgIpc) is 3.83. The first-order valence-corrected chi connectivity index (χ1v) is 21.8. The Morgan fingerprint density at radius 2 is 0.825 bits per heavy atom. The summed E-state index contributed by atoms with van der Waals surface area (Å²) in [7, 11) is 0. The SMILES string of the molecule is CC1(C)c2ccccc2-c2ccc(-c3ccc(N(c4ccc(-c5ccc(-c6cccc(-c7ccc8ccccc8c7)c6)cc5)cc4)c4ccc5oc6ccccc6c5c4)cc3)cc21. The van der Waals surface area contributed by atoms with Gasteiger partial charge in [0.1, 0.15) is 11.2 Å². The van der Waals surface area contributed by atoms with Gasteiger partial charge in [0.15, 0.2) is 0 Å². The van der Waals surface area contributed by atoms with Crippen LogP contribution in [-0.2, 0) is 5.41 Å². The molecule has 0 amide bonds. The molecule has 1 heterocycles. The van der Waals surface area contributed by atoms with Gasteiger partial charge >= 0.3 is 0 Å². The van der Waals surface area contributed by atoms with Gasteiger partial charge in [-0.2, -0.15) is 0 Å². The highest BCUT2D eigenvalue weighted by Crippen LogP contribution is 2.50. The number of fused-ring (bicyclic) bond motifs is 7. The molecule has 0 spiro atoms. The first kappa shape index (κ1) is 36.9. The van der Waals surface area contributed by atoms with Gasteiger partial charge in [0.05, 0.1) is 0 Å². The van der Waals surface area contributed by atoms with E-state index >= 15 is 0 Å². The van der Waals surface area contributed by atoms with Gasteiger partial charge in [0.2, 0.25) is 0 Å². The molecule has 0 N–H and O–H groups in total. The second-order valence-corrected chi connectivity index (χ2v) is 17.4. The van der Waals surface area contributed by atoms with Gasteiger partial charge in [0, 0.05) is 33.2 Å². The van der Waals surface area contributed by atoms with E-state index in [0.717, 1.165) is 39.0 Å². The summed E-state index contributed by atoms with van der Waals surface area (Å²) in [5, 5.41) is 4.73. The molecule has 0 bridgehead atoms. The molecule has 12 rings (SSSR count). The number of rotatable bonds is 7. The Kier molecular flexibility index (Phi) is 8.55. The molecule has 2 heteroatoms. The summed E-state index contributed by atoms with van der Waals surface area (Å²) in [4.78, 5) is 2.35. The standard InChI is InChI=1S/C61H43NO/c1-61(2)57-16-7-5-14-53(57)54-34-28-49(38-58(54)61)44-26-31-51(32-27-44)62(52-33-35-60-56(39-52)55-15-6-8-17-59(55)63-60)50-29-24-42(25-30-50)41-18-20-43(21-19-41)46-12-9-13-47(36-46)48-23-22-40-10-3-4-11-45(40)37-48/h3-39H,1-2H3.